The predicted molar refractivity (Wildman–Crippen MR) is 84.6 cm³/mol. The third kappa shape index (κ3) is 3.79. The van der Waals surface area contributed by atoms with Crippen LogP contribution in [0, 0.1) is 0 Å². The van der Waals surface area contributed by atoms with E-state index in [1.54, 1.807) is 0 Å². The highest BCUT2D eigenvalue weighted by molar-refractivity contribution is 4.96. The Morgan fingerprint density at radius 2 is 2.14 bits per heavy atom. The maximum Gasteiger partial charge on any atom is 0.0951 e. The summed E-state index contributed by atoms with van der Waals surface area (Å²) in [5.41, 5.74) is 0.0381. The number of ether oxygens (including phenoxy) is 2. The van der Waals surface area contributed by atoms with Gasteiger partial charge in [0, 0.05) is 44.3 Å². The zero-order valence-electron chi connectivity index (χ0n) is 13.8. The molecule has 0 aromatic heterocycles. The van der Waals surface area contributed by atoms with Gasteiger partial charge in [0.25, 0.3) is 0 Å². The largest absolute Gasteiger partial charge is 0.378 e. The number of nitrogens with one attached hydrogen (secondary N) is 1. The van der Waals surface area contributed by atoms with Crippen molar-refractivity contribution in [3.63, 3.8) is 0 Å². The Bertz CT molecular complexity index is 329. The molecule has 3 atom stereocenters. The quantitative estimate of drug-likeness (QED) is 0.862. The molecular formula is C17H32N2O2. The van der Waals surface area contributed by atoms with Gasteiger partial charge in [0.15, 0.2) is 0 Å². The molecule has 3 unspecified atom stereocenters. The molecule has 122 valence electrons. The van der Waals surface area contributed by atoms with Crippen LogP contribution in [0.25, 0.3) is 0 Å². The fourth-order valence-corrected chi connectivity index (χ4v) is 4.24. The third-order valence-corrected chi connectivity index (χ3v) is 5.44. The average molecular weight is 296 g/mol. The van der Waals surface area contributed by atoms with Gasteiger partial charge in [-0.15, -0.1) is 0 Å². The number of rotatable bonds is 4. The molecule has 1 N–H and O–H groups in total. The van der Waals surface area contributed by atoms with Crippen molar-refractivity contribution in [1.29, 1.82) is 0 Å². The van der Waals surface area contributed by atoms with Crippen molar-refractivity contribution in [2.24, 2.45) is 0 Å². The summed E-state index contributed by atoms with van der Waals surface area (Å²) in [5.74, 6) is 0. The van der Waals surface area contributed by atoms with Crippen molar-refractivity contribution in [3.05, 3.63) is 0 Å². The molecule has 3 heterocycles. The molecule has 3 saturated heterocycles. The average Bonchev–Trinajstić information content (AvgIpc) is 2.93. The lowest BCUT2D eigenvalue weighted by molar-refractivity contribution is -0.113. The molecule has 4 nitrogen and oxygen atoms in total. The first-order valence-corrected chi connectivity index (χ1v) is 8.89. The predicted octanol–water partition coefficient (Wildman–Crippen LogP) is 2.18. The molecule has 4 heteroatoms. The lowest BCUT2D eigenvalue weighted by Gasteiger charge is -2.47. The van der Waals surface area contributed by atoms with E-state index in [1.165, 1.54) is 38.6 Å². The van der Waals surface area contributed by atoms with Crippen molar-refractivity contribution < 1.29 is 9.47 Å². The first kappa shape index (κ1) is 15.7. The standard InChI is InChI=1S/C17H32N2O2/c1-14(2)18-12-16-5-3-4-8-19(16)15-6-9-21-17(11-15)7-10-20-13-17/h14-16,18H,3-13H2,1-2H3. The highest BCUT2D eigenvalue weighted by atomic mass is 16.6. The van der Waals surface area contributed by atoms with E-state index in [0.717, 1.165) is 32.8 Å². The first-order valence-electron chi connectivity index (χ1n) is 8.89. The zero-order chi connectivity index (χ0) is 14.7. The van der Waals surface area contributed by atoms with E-state index >= 15 is 0 Å². The van der Waals surface area contributed by atoms with Crippen molar-refractivity contribution >= 4 is 0 Å². The minimum Gasteiger partial charge on any atom is -0.378 e. The van der Waals surface area contributed by atoms with E-state index in [1.807, 2.05) is 0 Å². The van der Waals surface area contributed by atoms with Gasteiger partial charge in [0.1, 0.15) is 0 Å². The summed E-state index contributed by atoms with van der Waals surface area (Å²) in [6, 6.07) is 1.99. The third-order valence-electron chi connectivity index (χ3n) is 5.44. The van der Waals surface area contributed by atoms with Crippen LogP contribution in [0.1, 0.15) is 52.4 Å². The molecule has 0 aromatic carbocycles. The summed E-state index contributed by atoms with van der Waals surface area (Å²) < 4.78 is 11.7. The number of hydrogen-bond acceptors (Lipinski definition) is 4. The van der Waals surface area contributed by atoms with E-state index in [2.05, 4.69) is 24.1 Å². The monoisotopic (exact) mass is 296 g/mol. The first-order chi connectivity index (χ1) is 10.2. The molecule has 0 aromatic rings. The fraction of sp³-hybridized carbons (Fsp3) is 1.00. The van der Waals surface area contributed by atoms with Crippen LogP contribution in [0.15, 0.2) is 0 Å². The van der Waals surface area contributed by atoms with E-state index in [-0.39, 0.29) is 5.60 Å². The SMILES string of the molecule is CC(C)NCC1CCCCN1C1CCOC2(CCOC2)C1. The van der Waals surface area contributed by atoms with Gasteiger partial charge in [0.05, 0.1) is 12.2 Å². The van der Waals surface area contributed by atoms with Gasteiger partial charge in [-0.3, -0.25) is 4.90 Å². The van der Waals surface area contributed by atoms with Crippen LogP contribution in [0.3, 0.4) is 0 Å². The zero-order valence-corrected chi connectivity index (χ0v) is 13.8. The molecule has 21 heavy (non-hydrogen) atoms. The Morgan fingerprint density at radius 3 is 2.90 bits per heavy atom. The maximum atomic E-state index is 6.11. The Hall–Kier alpha value is -0.160. The minimum atomic E-state index is 0.0381. The number of hydrogen-bond donors (Lipinski definition) is 1. The van der Waals surface area contributed by atoms with Crippen molar-refractivity contribution in [3.8, 4) is 0 Å². The lowest BCUT2D eigenvalue weighted by Crippen LogP contribution is -2.56. The van der Waals surface area contributed by atoms with Crippen LogP contribution in [0.4, 0.5) is 0 Å². The van der Waals surface area contributed by atoms with Gasteiger partial charge in [0.2, 0.25) is 0 Å². The molecule has 3 aliphatic heterocycles. The van der Waals surface area contributed by atoms with Gasteiger partial charge in [-0.1, -0.05) is 20.3 Å². The molecule has 0 radical (unpaired) electrons. The van der Waals surface area contributed by atoms with Gasteiger partial charge < -0.3 is 14.8 Å². The van der Waals surface area contributed by atoms with Crippen molar-refractivity contribution in [2.45, 2.75) is 76.1 Å². The second-order valence-corrected chi connectivity index (χ2v) is 7.43. The minimum absolute atomic E-state index is 0.0381. The van der Waals surface area contributed by atoms with Crippen LogP contribution >= 0.6 is 0 Å². The van der Waals surface area contributed by atoms with Crippen LogP contribution in [0.5, 0.6) is 0 Å². The Balaban J connectivity index is 1.62. The summed E-state index contributed by atoms with van der Waals surface area (Å²) in [5, 5.41) is 3.65. The molecule has 0 amide bonds. The van der Waals surface area contributed by atoms with Gasteiger partial charge in [-0.05, 0) is 32.2 Å². The van der Waals surface area contributed by atoms with Gasteiger partial charge >= 0.3 is 0 Å². The van der Waals surface area contributed by atoms with Crippen molar-refractivity contribution in [1.82, 2.24) is 10.2 Å². The number of likely N-dealkylation sites (tertiary alicyclic amines) is 1. The van der Waals surface area contributed by atoms with Crippen LogP contribution in [-0.4, -0.2) is 61.5 Å². The van der Waals surface area contributed by atoms with Crippen LogP contribution < -0.4 is 5.32 Å². The summed E-state index contributed by atoms with van der Waals surface area (Å²) in [6.07, 6.45) is 7.55. The summed E-state index contributed by atoms with van der Waals surface area (Å²) in [6.45, 7) is 9.50. The number of piperidine rings is 1. The molecular weight excluding hydrogens is 264 g/mol. The summed E-state index contributed by atoms with van der Waals surface area (Å²) >= 11 is 0. The Kier molecular flexibility index (Phi) is 5.20. The summed E-state index contributed by atoms with van der Waals surface area (Å²) in [7, 11) is 0. The maximum absolute atomic E-state index is 6.11. The molecule has 0 bridgehead atoms. The lowest BCUT2D eigenvalue weighted by atomic mass is 9.86. The number of nitrogens with zero attached hydrogens (tertiary/aromatic N) is 1. The van der Waals surface area contributed by atoms with Gasteiger partial charge in [-0.2, -0.15) is 0 Å². The van der Waals surface area contributed by atoms with E-state index in [9.17, 15) is 0 Å². The molecule has 0 aliphatic carbocycles. The molecule has 3 fully saturated rings. The van der Waals surface area contributed by atoms with E-state index in [4.69, 9.17) is 9.47 Å². The molecule has 3 rings (SSSR count). The highest BCUT2D eigenvalue weighted by Gasteiger charge is 2.43. The molecule has 0 saturated carbocycles. The molecule has 3 aliphatic rings. The summed E-state index contributed by atoms with van der Waals surface area (Å²) in [4.78, 5) is 2.79. The van der Waals surface area contributed by atoms with Gasteiger partial charge in [-0.25, -0.2) is 0 Å². The Morgan fingerprint density at radius 1 is 1.24 bits per heavy atom. The normalized spacial score (nSPS) is 38.4. The fourth-order valence-electron chi connectivity index (χ4n) is 4.24. The second kappa shape index (κ2) is 6.95. The molecule has 1 spiro atoms. The Labute approximate surface area is 129 Å². The van der Waals surface area contributed by atoms with E-state index < -0.39 is 0 Å². The topological polar surface area (TPSA) is 33.7 Å². The highest BCUT2D eigenvalue weighted by Crippen LogP contribution is 2.36. The van der Waals surface area contributed by atoms with Crippen LogP contribution in [0.2, 0.25) is 0 Å². The van der Waals surface area contributed by atoms with Crippen LogP contribution in [-0.2, 0) is 9.47 Å². The second-order valence-electron chi connectivity index (χ2n) is 7.43. The van der Waals surface area contributed by atoms with Crippen molar-refractivity contribution in [2.75, 3.05) is 32.9 Å². The smallest absolute Gasteiger partial charge is 0.0951 e. The van der Waals surface area contributed by atoms with E-state index in [0.29, 0.717) is 18.1 Å².